The average molecular weight is 410 g/mol. The standard InChI is InChI=1S/C14H11NO4.C7H7NO3/c16-9-12-6-7-13(8-14(12)15(17)18)19-10-11-4-2-1-3-5-11;1-5-2-3-6(9)4-7(5)8(10)11/h1-9H,10H2;2-4,9H,1H3. The topological polar surface area (TPSA) is 133 Å². The van der Waals surface area contributed by atoms with Crippen LogP contribution in [0.15, 0.2) is 66.7 Å². The highest BCUT2D eigenvalue weighted by atomic mass is 16.6. The number of phenols is 1. The summed E-state index contributed by atoms with van der Waals surface area (Å²) in [5.41, 5.74) is 1.25. The summed E-state index contributed by atoms with van der Waals surface area (Å²) >= 11 is 0. The number of phenolic OH excluding ortho intramolecular Hbond substituents is 1. The van der Waals surface area contributed by atoms with Gasteiger partial charge in [-0.1, -0.05) is 30.3 Å². The zero-order valence-corrected chi connectivity index (χ0v) is 15.9. The maximum Gasteiger partial charge on any atom is 0.283 e. The highest BCUT2D eigenvalue weighted by molar-refractivity contribution is 5.81. The summed E-state index contributed by atoms with van der Waals surface area (Å²) in [5, 5.41) is 29.9. The van der Waals surface area contributed by atoms with E-state index in [1.807, 2.05) is 30.3 Å². The number of benzene rings is 3. The van der Waals surface area contributed by atoms with Gasteiger partial charge in [0.1, 0.15) is 18.1 Å². The SMILES string of the molecule is Cc1ccc(O)cc1[N+](=O)[O-].O=Cc1ccc(OCc2ccccc2)cc1[N+](=O)[O-]. The molecule has 9 heteroatoms. The Morgan fingerprint density at radius 3 is 2.17 bits per heavy atom. The number of aldehydes is 1. The molecule has 1 N–H and O–H groups in total. The summed E-state index contributed by atoms with van der Waals surface area (Å²) in [6.07, 6.45) is 0.457. The number of aromatic hydroxyl groups is 1. The predicted molar refractivity (Wildman–Crippen MR) is 109 cm³/mol. The third-order valence-electron chi connectivity index (χ3n) is 3.96. The highest BCUT2D eigenvalue weighted by Crippen LogP contribution is 2.24. The number of aryl methyl sites for hydroxylation is 1. The van der Waals surface area contributed by atoms with E-state index >= 15 is 0 Å². The summed E-state index contributed by atoms with van der Waals surface area (Å²) in [6, 6.07) is 17.7. The Morgan fingerprint density at radius 1 is 0.933 bits per heavy atom. The van der Waals surface area contributed by atoms with Gasteiger partial charge >= 0.3 is 0 Å². The van der Waals surface area contributed by atoms with Crippen molar-refractivity contribution in [1.29, 1.82) is 0 Å². The van der Waals surface area contributed by atoms with Gasteiger partial charge in [0.15, 0.2) is 6.29 Å². The van der Waals surface area contributed by atoms with Crippen molar-refractivity contribution in [3.63, 3.8) is 0 Å². The van der Waals surface area contributed by atoms with E-state index in [1.54, 1.807) is 13.0 Å². The molecule has 0 saturated heterocycles. The van der Waals surface area contributed by atoms with Gasteiger partial charge < -0.3 is 9.84 Å². The molecular formula is C21H18N2O7. The normalized spacial score (nSPS) is 9.77. The number of rotatable bonds is 6. The van der Waals surface area contributed by atoms with Crippen molar-refractivity contribution >= 4 is 17.7 Å². The minimum atomic E-state index is -0.598. The van der Waals surface area contributed by atoms with E-state index in [9.17, 15) is 25.0 Å². The maximum atomic E-state index is 10.8. The Bertz CT molecular complexity index is 1050. The van der Waals surface area contributed by atoms with Crippen LogP contribution in [0.25, 0.3) is 0 Å². The molecule has 0 saturated carbocycles. The molecule has 0 aromatic heterocycles. The van der Waals surface area contributed by atoms with E-state index in [4.69, 9.17) is 9.84 Å². The van der Waals surface area contributed by atoms with Gasteiger partial charge in [0.05, 0.1) is 27.5 Å². The third kappa shape index (κ3) is 6.13. The first-order valence-corrected chi connectivity index (χ1v) is 8.66. The Morgan fingerprint density at radius 2 is 1.60 bits per heavy atom. The molecule has 154 valence electrons. The van der Waals surface area contributed by atoms with E-state index in [-0.39, 0.29) is 22.7 Å². The van der Waals surface area contributed by atoms with Crippen molar-refractivity contribution in [2.24, 2.45) is 0 Å². The van der Waals surface area contributed by atoms with Crippen LogP contribution in [-0.4, -0.2) is 21.2 Å². The molecule has 0 heterocycles. The lowest BCUT2D eigenvalue weighted by Gasteiger charge is -2.06. The molecule has 0 aliphatic carbocycles. The molecule has 3 aromatic carbocycles. The van der Waals surface area contributed by atoms with Crippen molar-refractivity contribution in [1.82, 2.24) is 0 Å². The Balaban J connectivity index is 0.000000248. The van der Waals surface area contributed by atoms with Crippen LogP contribution in [0, 0.1) is 27.2 Å². The van der Waals surface area contributed by atoms with E-state index in [2.05, 4.69) is 0 Å². The second kappa shape index (κ2) is 10.3. The lowest BCUT2D eigenvalue weighted by atomic mass is 10.2. The monoisotopic (exact) mass is 410 g/mol. The van der Waals surface area contributed by atoms with Gasteiger partial charge in [-0.15, -0.1) is 0 Å². The minimum absolute atomic E-state index is 0.0389. The molecule has 0 aliphatic rings. The number of carbonyl (C=O) groups is 1. The molecule has 0 unspecified atom stereocenters. The second-order valence-corrected chi connectivity index (χ2v) is 6.10. The lowest BCUT2D eigenvalue weighted by molar-refractivity contribution is -0.385. The van der Waals surface area contributed by atoms with Crippen LogP contribution in [0.5, 0.6) is 11.5 Å². The number of hydrogen-bond acceptors (Lipinski definition) is 7. The van der Waals surface area contributed by atoms with Crippen LogP contribution in [0.3, 0.4) is 0 Å². The van der Waals surface area contributed by atoms with Gasteiger partial charge in [-0.3, -0.25) is 25.0 Å². The molecular weight excluding hydrogens is 392 g/mol. The summed E-state index contributed by atoms with van der Waals surface area (Å²) in [6.45, 7) is 1.94. The molecule has 0 radical (unpaired) electrons. The van der Waals surface area contributed by atoms with Gasteiger partial charge in [0, 0.05) is 5.56 Å². The minimum Gasteiger partial charge on any atom is -0.508 e. The largest absolute Gasteiger partial charge is 0.508 e. The number of nitro benzene ring substituents is 2. The first-order chi connectivity index (χ1) is 14.3. The number of carbonyl (C=O) groups excluding carboxylic acids is 1. The van der Waals surface area contributed by atoms with E-state index in [1.165, 1.54) is 24.3 Å². The zero-order valence-electron chi connectivity index (χ0n) is 15.9. The summed E-state index contributed by atoms with van der Waals surface area (Å²) in [7, 11) is 0. The van der Waals surface area contributed by atoms with E-state index < -0.39 is 9.85 Å². The van der Waals surface area contributed by atoms with Crippen LogP contribution in [0.4, 0.5) is 11.4 Å². The van der Waals surface area contributed by atoms with Crippen LogP contribution < -0.4 is 4.74 Å². The predicted octanol–water partition coefficient (Wildman–Crippen LogP) is 4.60. The highest BCUT2D eigenvalue weighted by Gasteiger charge is 2.14. The molecule has 3 rings (SSSR count). The van der Waals surface area contributed by atoms with Crippen molar-refractivity contribution in [2.75, 3.05) is 0 Å². The third-order valence-corrected chi connectivity index (χ3v) is 3.96. The van der Waals surface area contributed by atoms with Crippen molar-refractivity contribution in [3.8, 4) is 11.5 Å². The van der Waals surface area contributed by atoms with Gasteiger partial charge in [-0.05, 0) is 36.8 Å². The number of nitro groups is 2. The van der Waals surface area contributed by atoms with Crippen LogP contribution in [0.2, 0.25) is 0 Å². The molecule has 0 aliphatic heterocycles. The average Bonchev–Trinajstić information content (AvgIpc) is 2.74. The molecule has 9 nitrogen and oxygen atoms in total. The van der Waals surface area contributed by atoms with Gasteiger partial charge in [0.2, 0.25) is 0 Å². The first kappa shape index (κ1) is 22.0. The van der Waals surface area contributed by atoms with Crippen LogP contribution in [-0.2, 0) is 6.61 Å². The molecule has 0 amide bonds. The molecule has 0 bridgehead atoms. The molecule has 0 spiro atoms. The molecule has 0 fully saturated rings. The molecule has 3 aromatic rings. The number of nitrogens with zero attached hydrogens (tertiary/aromatic N) is 2. The molecule has 0 atom stereocenters. The Kier molecular flexibility index (Phi) is 7.58. The van der Waals surface area contributed by atoms with E-state index in [0.717, 1.165) is 11.6 Å². The van der Waals surface area contributed by atoms with Crippen molar-refractivity contribution in [2.45, 2.75) is 13.5 Å². The number of ether oxygens (including phenoxy) is 1. The Hall–Kier alpha value is -4.27. The van der Waals surface area contributed by atoms with Gasteiger partial charge in [-0.25, -0.2) is 0 Å². The zero-order chi connectivity index (χ0) is 22.1. The first-order valence-electron chi connectivity index (χ1n) is 8.66. The van der Waals surface area contributed by atoms with E-state index in [0.29, 0.717) is 24.2 Å². The maximum absolute atomic E-state index is 10.8. The quantitative estimate of drug-likeness (QED) is 0.357. The van der Waals surface area contributed by atoms with Gasteiger partial charge in [0.25, 0.3) is 11.4 Å². The molecule has 30 heavy (non-hydrogen) atoms. The summed E-state index contributed by atoms with van der Waals surface area (Å²) < 4.78 is 5.46. The fourth-order valence-corrected chi connectivity index (χ4v) is 2.41. The fraction of sp³-hybridized carbons (Fsp3) is 0.0952. The summed E-state index contributed by atoms with van der Waals surface area (Å²) in [5.74, 6) is 0.281. The van der Waals surface area contributed by atoms with Crippen LogP contribution >= 0.6 is 0 Å². The fourth-order valence-electron chi connectivity index (χ4n) is 2.41. The smallest absolute Gasteiger partial charge is 0.283 e. The Labute approximate surface area is 171 Å². The number of hydrogen-bond donors (Lipinski definition) is 1. The summed E-state index contributed by atoms with van der Waals surface area (Å²) in [4.78, 5) is 30.6. The van der Waals surface area contributed by atoms with Crippen LogP contribution in [0.1, 0.15) is 21.5 Å². The lowest BCUT2D eigenvalue weighted by Crippen LogP contribution is -1.98. The van der Waals surface area contributed by atoms with Crippen molar-refractivity contribution in [3.05, 3.63) is 104 Å². The second-order valence-electron chi connectivity index (χ2n) is 6.10. The van der Waals surface area contributed by atoms with Crippen molar-refractivity contribution < 1.29 is 24.5 Å². The van der Waals surface area contributed by atoms with Gasteiger partial charge in [-0.2, -0.15) is 0 Å².